The van der Waals surface area contributed by atoms with E-state index in [2.05, 4.69) is 15.5 Å². The minimum atomic E-state index is -0.292. The van der Waals surface area contributed by atoms with Crippen LogP contribution in [0.5, 0.6) is 5.75 Å². The maximum atomic E-state index is 12.4. The summed E-state index contributed by atoms with van der Waals surface area (Å²) in [6.45, 7) is 0.474. The Morgan fingerprint density at radius 2 is 1.70 bits per heavy atom. The lowest BCUT2D eigenvalue weighted by Crippen LogP contribution is -2.28. The lowest BCUT2D eigenvalue weighted by molar-refractivity contribution is 0.0959. The number of carbonyl (C=O) groups is 1. The quantitative estimate of drug-likeness (QED) is 0.156. The minimum absolute atomic E-state index is 0.00631. The molecule has 10 heteroatoms. The monoisotopic (exact) mass is 534 g/mol. The number of aromatic nitrogens is 2. The lowest BCUT2D eigenvalue weighted by atomic mass is 10.1. The van der Waals surface area contributed by atoms with Crippen molar-refractivity contribution in [3.05, 3.63) is 94.0 Å². The first-order chi connectivity index (χ1) is 17.9. The average molecular weight is 535 g/mol. The van der Waals surface area contributed by atoms with Crippen LogP contribution in [0.15, 0.2) is 83.0 Å². The first-order valence-electron chi connectivity index (χ1n) is 11.3. The van der Waals surface area contributed by atoms with E-state index in [1.54, 1.807) is 25.3 Å². The third kappa shape index (κ3) is 6.41. The van der Waals surface area contributed by atoms with Crippen LogP contribution < -0.4 is 10.1 Å². The summed E-state index contributed by atoms with van der Waals surface area (Å²) >= 11 is 12.4. The highest BCUT2D eigenvalue weighted by Gasteiger charge is 2.14. The van der Waals surface area contributed by atoms with Gasteiger partial charge in [0.15, 0.2) is 5.84 Å². The molecule has 37 heavy (non-hydrogen) atoms. The zero-order valence-corrected chi connectivity index (χ0v) is 21.7. The number of nitrogens with one attached hydrogen (secondary N) is 2. The van der Waals surface area contributed by atoms with Gasteiger partial charge in [-0.3, -0.25) is 14.9 Å². The summed E-state index contributed by atoms with van der Waals surface area (Å²) in [6.07, 6.45) is 0. The molecule has 0 atom stereocenters. The Morgan fingerprint density at radius 1 is 1.00 bits per heavy atom. The van der Waals surface area contributed by atoms with Gasteiger partial charge in [-0.2, -0.15) is 10.2 Å². The molecule has 0 radical (unpaired) electrons. The van der Waals surface area contributed by atoms with Crippen LogP contribution in [-0.4, -0.2) is 42.2 Å². The summed E-state index contributed by atoms with van der Waals surface area (Å²) in [5, 5.41) is 23.2. The predicted molar refractivity (Wildman–Crippen MR) is 146 cm³/mol. The van der Waals surface area contributed by atoms with Crippen molar-refractivity contribution in [3.8, 4) is 28.3 Å². The topological polar surface area (TPSA) is 105 Å². The number of ether oxygens (including phenoxy) is 1. The number of amidine groups is 1. The van der Waals surface area contributed by atoms with Crippen molar-refractivity contribution >= 4 is 34.9 Å². The number of amides is 1. The third-order valence-corrected chi connectivity index (χ3v) is 6.31. The number of azo groups is 1. The molecule has 0 saturated carbocycles. The molecule has 0 bridgehead atoms. The molecule has 1 heterocycles. The normalized spacial score (nSPS) is 11.0. The number of rotatable bonds is 8. The van der Waals surface area contributed by atoms with Gasteiger partial charge in [-0.05, 0) is 60.2 Å². The molecule has 8 nitrogen and oxygen atoms in total. The van der Waals surface area contributed by atoms with Crippen LogP contribution >= 0.6 is 23.2 Å². The van der Waals surface area contributed by atoms with Gasteiger partial charge in [0.2, 0.25) is 0 Å². The number of benzene rings is 3. The number of halogens is 2. The van der Waals surface area contributed by atoms with Crippen LogP contribution in [0.25, 0.3) is 22.5 Å². The largest absolute Gasteiger partial charge is 0.497 e. The van der Waals surface area contributed by atoms with Crippen molar-refractivity contribution in [2.45, 2.75) is 6.54 Å². The highest BCUT2D eigenvalue weighted by Crippen LogP contribution is 2.32. The first-order valence-corrected chi connectivity index (χ1v) is 12.1. The summed E-state index contributed by atoms with van der Waals surface area (Å²) in [5.41, 5.74) is 4.93. The fourth-order valence-corrected chi connectivity index (χ4v) is 3.98. The second-order valence-electron chi connectivity index (χ2n) is 8.06. The van der Waals surface area contributed by atoms with Gasteiger partial charge in [0.05, 0.1) is 41.6 Å². The van der Waals surface area contributed by atoms with Crippen LogP contribution in [0.2, 0.25) is 10.0 Å². The smallest absolute Gasteiger partial charge is 0.251 e. The van der Waals surface area contributed by atoms with Crippen molar-refractivity contribution < 1.29 is 9.53 Å². The van der Waals surface area contributed by atoms with Crippen LogP contribution in [0.3, 0.4) is 0 Å². The van der Waals surface area contributed by atoms with Crippen LogP contribution in [0.4, 0.5) is 0 Å². The summed E-state index contributed by atoms with van der Waals surface area (Å²) in [5.74, 6) is 0.456. The van der Waals surface area contributed by atoms with E-state index < -0.39 is 0 Å². The Kier molecular flexibility index (Phi) is 8.32. The molecule has 4 aromatic rings. The molecule has 0 aliphatic carbocycles. The zero-order valence-electron chi connectivity index (χ0n) is 20.2. The molecule has 0 aliphatic rings. The number of methoxy groups -OCH3 is 1. The average Bonchev–Trinajstić information content (AvgIpc) is 3.33. The van der Waals surface area contributed by atoms with Gasteiger partial charge in [0.25, 0.3) is 5.91 Å². The molecule has 188 valence electrons. The molecule has 3 aromatic carbocycles. The van der Waals surface area contributed by atoms with E-state index >= 15 is 0 Å². The summed E-state index contributed by atoms with van der Waals surface area (Å²) in [6, 6.07) is 22.4. The van der Waals surface area contributed by atoms with Gasteiger partial charge in [-0.1, -0.05) is 41.4 Å². The Bertz CT molecular complexity index is 1450. The summed E-state index contributed by atoms with van der Waals surface area (Å²) < 4.78 is 7.16. The van der Waals surface area contributed by atoms with Gasteiger partial charge in [-0.15, -0.1) is 5.11 Å². The highest BCUT2D eigenvalue weighted by molar-refractivity contribution is 6.42. The molecule has 0 unspecified atom stereocenters. The molecule has 0 saturated heterocycles. The van der Waals surface area contributed by atoms with E-state index in [-0.39, 0.29) is 18.3 Å². The van der Waals surface area contributed by atoms with Gasteiger partial charge in [-0.25, -0.2) is 0 Å². The molecule has 0 spiro atoms. The highest BCUT2D eigenvalue weighted by atomic mass is 35.5. The Labute approximate surface area is 224 Å². The number of hydrogen-bond acceptors (Lipinski definition) is 5. The van der Waals surface area contributed by atoms with E-state index in [9.17, 15) is 4.79 Å². The SMILES string of the molecule is C/N=N\C(=N)CNC(=O)c1ccc(Cn2nc(-c3ccc(OC)cc3)cc2-c2ccc(Cl)c(Cl)c2)cc1. The molecule has 0 aliphatic heterocycles. The maximum absolute atomic E-state index is 12.4. The van der Waals surface area contributed by atoms with Crippen LogP contribution in [-0.2, 0) is 6.54 Å². The van der Waals surface area contributed by atoms with E-state index in [1.165, 1.54) is 7.05 Å². The van der Waals surface area contributed by atoms with Crippen molar-refractivity contribution in [1.82, 2.24) is 15.1 Å². The standard InChI is InChI=1S/C27H24Cl2N6O2/c1-31-33-26(30)15-32-27(36)19-5-3-17(4-6-19)16-35-25(20-9-12-22(28)23(29)13-20)14-24(34-35)18-7-10-21(37-2)11-8-18/h3-14,30H,15-16H2,1-2H3,(H,32,36)/b30-26?,33-31-. The van der Waals surface area contributed by atoms with Gasteiger partial charge in [0.1, 0.15) is 5.75 Å². The predicted octanol–water partition coefficient (Wildman–Crippen LogP) is 6.37. The molecular formula is C27H24Cl2N6O2. The van der Waals surface area contributed by atoms with Crippen molar-refractivity contribution in [3.63, 3.8) is 0 Å². The third-order valence-electron chi connectivity index (χ3n) is 5.57. The minimum Gasteiger partial charge on any atom is -0.497 e. The van der Waals surface area contributed by atoms with E-state index in [4.69, 9.17) is 38.4 Å². The Morgan fingerprint density at radius 3 is 2.35 bits per heavy atom. The maximum Gasteiger partial charge on any atom is 0.251 e. The second kappa shape index (κ2) is 11.8. The number of hydrogen-bond donors (Lipinski definition) is 2. The molecule has 1 aromatic heterocycles. The van der Waals surface area contributed by atoms with E-state index in [1.807, 2.05) is 59.3 Å². The fourth-order valence-electron chi connectivity index (χ4n) is 3.68. The molecule has 4 rings (SSSR count). The summed E-state index contributed by atoms with van der Waals surface area (Å²) in [7, 11) is 3.10. The molecule has 1 amide bonds. The second-order valence-corrected chi connectivity index (χ2v) is 8.87. The van der Waals surface area contributed by atoms with Crippen LogP contribution in [0, 0.1) is 5.41 Å². The van der Waals surface area contributed by atoms with Gasteiger partial charge >= 0.3 is 0 Å². The first kappa shape index (κ1) is 26.1. The van der Waals surface area contributed by atoms with E-state index in [0.29, 0.717) is 22.2 Å². The van der Waals surface area contributed by atoms with E-state index in [0.717, 1.165) is 33.8 Å². The Balaban J connectivity index is 1.60. The van der Waals surface area contributed by atoms with Gasteiger partial charge in [0, 0.05) is 23.7 Å². The lowest BCUT2D eigenvalue weighted by Gasteiger charge is -2.10. The zero-order chi connectivity index (χ0) is 26.4. The Hall–Kier alpha value is -4.01. The van der Waals surface area contributed by atoms with Crippen molar-refractivity contribution in [2.75, 3.05) is 20.7 Å². The van der Waals surface area contributed by atoms with Gasteiger partial charge < -0.3 is 10.1 Å². The van der Waals surface area contributed by atoms with Crippen LogP contribution in [0.1, 0.15) is 15.9 Å². The molecule has 0 fully saturated rings. The van der Waals surface area contributed by atoms with Crippen molar-refractivity contribution in [2.24, 2.45) is 10.2 Å². The fraction of sp³-hybridized carbons (Fsp3) is 0.148. The van der Waals surface area contributed by atoms with Crippen molar-refractivity contribution in [1.29, 1.82) is 5.41 Å². The summed E-state index contributed by atoms with van der Waals surface area (Å²) in [4.78, 5) is 12.4. The molecular weight excluding hydrogens is 511 g/mol. The number of nitrogens with zero attached hydrogens (tertiary/aromatic N) is 4. The number of carbonyl (C=O) groups excluding carboxylic acids is 1. The molecule has 2 N–H and O–H groups in total.